The molecule has 15 heavy (non-hydrogen) atoms. The zero-order valence-electron chi connectivity index (χ0n) is 8.28. The fourth-order valence-electron chi connectivity index (χ4n) is 0.887. The van der Waals surface area contributed by atoms with Gasteiger partial charge < -0.3 is 0 Å². The Hall–Kier alpha value is -0.680. The molecule has 0 spiro atoms. The first-order valence-corrected chi connectivity index (χ1v) is 4.40. The number of halogens is 6. The summed E-state index contributed by atoms with van der Waals surface area (Å²) in [5.74, 6) is -3.66. The van der Waals surface area contributed by atoms with Gasteiger partial charge in [0, 0.05) is 0 Å². The van der Waals surface area contributed by atoms with Gasteiger partial charge in [0.15, 0.2) is 0 Å². The molecule has 0 aromatic heterocycles. The SMILES string of the molecule is CCC(C=CC(C)C(F)(F)F)C(F)(F)F. The molecule has 0 radical (unpaired) electrons. The fraction of sp³-hybridized carbons (Fsp3) is 0.778. The predicted octanol–water partition coefficient (Wildman–Crippen LogP) is 4.33. The molecule has 0 aromatic carbocycles. The highest BCUT2D eigenvalue weighted by Crippen LogP contribution is 2.32. The smallest absolute Gasteiger partial charge is 0.170 e. The fourth-order valence-corrected chi connectivity index (χ4v) is 0.887. The van der Waals surface area contributed by atoms with Gasteiger partial charge in [0.2, 0.25) is 0 Å². The molecule has 0 saturated heterocycles. The topological polar surface area (TPSA) is 0 Å². The number of rotatable bonds is 3. The predicted molar refractivity (Wildman–Crippen MR) is 44.2 cm³/mol. The molecule has 0 N–H and O–H groups in total. The molecule has 2 unspecified atom stereocenters. The summed E-state index contributed by atoms with van der Waals surface area (Å²) in [6, 6.07) is 0. The van der Waals surface area contributed by atoms with Crippen molar-refractivity contribution in [2.45, 2.75) is 32.6 Å². The van der Waals surface area contributed by atoms with Crippen molar-refractivity contribution < 1.29 is 26.3 Å². The largest absolute Gasteiger partial charge is 0.395 e. The summed E-state index contributed by atoms with van der Waals surface area (Å²) < 4.78 is 72.3. The number of hydrogen-bond donors (Lipinski definition) is 0. The molecule has 0 aromatic rings. The third-order valence-electron chi connectivity index (χ3n) is 2.01. The van der Waals surface area contributed by atoms with E-state index < -0.39 is 24.2 Å². The van der Waals surface area contributed by atoms with E-state index in [4.69, 9.17) is 0 Å². The van der Waals surface area contributed by atoms with E-state index in [0.717, 1.165) is 6.92 Å². The van der Waals surface area contributed by atoms with Crippen molar-refractivity contribution in [1.29, 1.82) is 0 Å². The summed E-state index contributed by atoms with van der Waals surface area (Å²) in [4.78, 5) is 0. The summed E-state index contributed by atoms with van der Waals surface area (Å²) >= 11 is 0. The van der Waals surface area contributed by atoms with Crippen LogP contribution in [0, 0.1) is 11.8 Å². The zero-order chi connectivity index (χ0) is 12.3. The average molecular weight is 234 g/mol. The van der Waals surface area contributed by atoms with Gasteiger partial charge in [-0.25, -0.2) is 0 Å². The lowest BCUT2D eigenvalue weighted by molar-refractivity contribution is -0.165. The molecular weight excluding hydrogens is 222 g/mol. The van der Waals surface area contributed by atoms with Crippen molar-refractivity contribution in [3.05, 3.63) is 12.2 Å². The second-order valence-electron chi connectivity index (χ2n) is 3.27. The third-order valence-corrected chi connectivity index (χ3v) is 2.01. The molecular formula is C9H12F6. The van der Waals surface area contributed by atoms with Crippen LogP contribution in [0.2, 0.25) is 0 Å². The summed E-state index contributed by atoms with van der Waals surface area (Å²) in [6.45, 7) is 2.10. The standard InChI is InChI=1S/C9H12F6/c1-3-7(9(13,14)15)5-4-6(2)8(10,11)12/h4-7H,3H2,1-2H3. The van der Waals surface area contributed by atoms with Crippen LogP contribution in [-0.2, 0) is 0 Å². The Morgan fingerprint density at radius 2 is 1.40 bits per heavy atom. The van der Waals surface area contributed by atoms with Gasteiger partial charge in [0.1, 0.15) is 0 Å². The Labute approximate surface area is 84.0 Å². The summed E-state index contributed by atoms with van der Waals surface area (Å²) in [5.41, 5.74) is 0. The molecule has 6 heteroatoms. The first-order valence-electron chi connectivity index (χ1n) is 4.40. The Morgan fingerprint density at radius 3 is 1.67 bits per heavy atom. The average Bonchev–Trinajstić information content (AvgIpc) is 2.00. The maximum absolute atomic E-state index is 12.1. The molecule has 0 saturated carbocycles. The van der Waals surface area contributed by atoms with E-state index in [1.54, 1.807) is 0 Å². The minimum atomic E-state index is -4.49. The minimum Gasteiger partial charge on any atom is -0.170 e. The number of alkyl halides is 6. The van der Waals surface area contributed by atoms with E-state index in [1.807, 2.05) is 0 Å². The maximum Gasteiger partial charge on any atom is 0.395 e. The van der Waals surface area contributed by atoms with Crippen LogP contribution in [-0.4, -0.2) is 12.4 Å². The van der Waals surface area contributed by atoms with Crippen LogP contribution in [0.5, 0.6) is 0 Å². The summed E-state index contributed by atoms with van der Waals surface area (Å²) in [6.07, 6.45) is -8.08. The van der Waals surface area contributed by atoms with Crippen molar-refractivity contribution in [2.75, 3.05) is 0 Å². The van der Waals surface area contributed by atoms with Gasteiger partial charge in [-0.3, -0.25) is 0 Å². The molecule has 0 aliphatic heterocycles. The van der Waals surface area contributed by atoms with Crippen molar-refractivity contribution in [2.24, 2.45) is 11.8 Å². The Morgan fingerprint density at radius 1 is 0.933 bits per heavy atom. The van der Waals surface area contributed by atoms with Gasteiger partial charge >= 0.3 is 12.4 Å². The van der Waals surface area contributed by atoms with Crippen LogP contribution < -0.4 is 0 Å². The van der Waals surface area contributed by atoms with Crippen molar-refractivity contribution in [3.8, 4) is 0 Å². The van der Waals surface area contributed by atoms with Crippen LogP contribution in [0.15, 0.2) is 12.2 Å². The summed E-state index contributed by atoms with van der Waals surface area (Å²) in [7, 11) is 0. The van der Waals surface area contributed by atoms with E-state index >= 15 is 0 Å². The highest BCUT2D eigenvalue weighted by Gasteiger charge is 2.38. The summed E-state index contributed by atoms with van der Waals surface area (Å²) in [5, 5.41) is 0. The molecule has 0 amide bonds. The monoisotopic (exact) mass is 234 g/mol. The zero-order valence-corrected chi connectivity index (χ0v) is 8.28. The first-order chi connectivity index (χ1) is 6.59. The van der Waals surface area contributed by atoms with Crippen LogP contribution in [0.1, 0.15) is 20.3 Å². The van der Waals surface area contributed by atoms with Crippen molar-refractivity contribution >= 4 is 0 Å². The van der Waals surface area contributed by atoms with Crippen LogP contribution in [0.25, 0.3) is 0 Å². The number of allylic oxidation sites excluding steroid dienone is 2. The lowest BCUT2D eigenvalue weighted by Crippen LogP contribution is -2.22. The molecule has 0 heterocycles. The molecule has 0 bridgehead atoms. The van der Waals surface area contributed by atoms with Gasteiger partial charge in [0.05, 0.1) is 11.8 Å². The van der Waals surface area contributed by atoms with Gasteiger partial charge in [-0.05, 0) is 6.42 Å². The van der Waals surface area contributed by atoms with E-state index in [-0.39, 0.29) is 6.42 Å². The molecule has 0 rings (SSSR count). The number of hydrogen-bond acceptors (Lipinski definition) is 0. The van der Waals surface area contributed by atoms with Crippen molar-refractivity contribution in [1.82, 2.24) is 0 Å². The van der Waals surface area contributed by atoms with Crippen LogP contribution in [0.4, 0.5) is 26.3 Å². The van der Waals surface area contributed by atoms with E-state index in [0.29, 0.717) is 12.2 Å². The third kappa shape index (κ3) is 5.09. The Kier molecular flexibility index (Phi) is 4.67. The van der Waals surface area contributed by atoms with Crippen LogP contribution in [0.3, 0.4) is 0 Å². The lowest BCUT2D eigenvalue weighted by atomic mass is 10.0. The lowest BCUT2D eigenvalue weighted by Gasteiger charge is -2.16. The quantitative estimate of drug-likeness (QED) is 0.503. The maximum atomic E-state index is 12.1. The van der Waals surface area contributed by atoms with Gasteiger partial charge in [-0.1, -0.05) is 26.0 Å². The Balaban J connectivity index is 4.50. The second-order valence-corrected chi connectivity index (χ2v) is 3.27. The molecule has 2 atom stereocenters. The van der Waals surface area contributed by atoms with E-state index in [9.17, 15) is 26.3 Å². The van der Waals surface area contributed by atoms with Gasteiger partial charge in [-0.2, -0.15) is 26.3 Å². The van der Waals surface area contributed by atoms with E-state index in [1.165, 1.54) is 6.92 Å². The molecule has 0 aliphatic carbocycles. The van der Waals surface area contributed by atoms with Gasteiger partial charge in [-0.15, -0.1) is 0 Å². The molecule has 0 aliphatic rings. The Bertz CT molecular complexity index is 212. The van der Waals surface area contributed by atoms with Crippen LogP contribution >= 0.6 is 0 Å². The van der Waals surface area contributed by atoms with Crippen molar-refractivity contribution in [3.63, 3.8) is 0 Å². The molecule has 90 valence electrons. The van der Waals surface area contributed by atoms with E-state index in [2.05, 4.69) is 0 Å². The highest BCUT2D eigenvalue weighted by atomic mass is 19.4. The normalized spacial score (nSPS) is 18.1. The molecule has 0 nitrogen and oxygen atoms in total. The second kappa shape index (κ2) is 4.90. The minimum absolute atomic E-state index is 0.259. The molecule has 0 fully saturated rings. The highest BCUT2D eigenvalue weighted by molar-refractivity contribution is 4.96. The first kappa shape index (κ1) is 14.3. The van der Waals surface area contributed by atoms with Gasteiger partial charge in [0.25, 0.3) is 0 Å².